The van der Waals surface area contributed by atoms with Gasteiger partial charge in [-0.1, -0.05) is 30.3 Å². The minimum absolute atomic E-state index is 0.176. The van der Waals surface area contributed by atoms with Gasteiger partial charge in [-0.25, -0.2) is 13.2 Å². The molecule has 0 unspecified atom stereocenters. The van der Waals surface area contributed by atoms with Crippen LogP contribution in [0.25, 0.3) is 10.8 Å². The summed E-state index contributed by atoms with van der Waals surface area (Å²) in [7, 11) is -2.33. The van der Waals surface area contributed by atoms with Crippen molar-refractivity contribution in [1.29, 1.82) is 0 Å². The zero-order chi connectivity index (χ0) is 28.7. The highest BCUT2D eigenvalue weighted by Gasteiger charge is 2.28. The Bertz CT molecular complexity index is 1460. The predicted octanol–water partition coefficient (Wildman–Crippen LogP) is 3.39. The summed E-state index contributed by atoms with van der Waals surface area (Å²) < 4.78 is 43.0. The number of likely N-dealkylation sites (tertiary alicyclic amines) is 1. The van der Waals surface area contributed by atoms with Crippen LogP contribution in [-0.4, -0.2) is 71.1 Å². The molecule has 0 N–H and O–H groups in total. The van der Waals surface area contributed by atoms with Crippen LogP contribution >= 0.6 is 0 Å². The summed E-state index contributed by atoms with van der Waals surface area (Å²) in [6.45, 7) is 2.04. The first-order valence-corrected chi connectivity index (χ1v) is 14.4. The molecule has 0 aliphatic carbocycles. The van der Waals surface area contributed by atoms with E-state index in [1.54, 1.807) is 54.3 Å². The number of benzene rings is 3. The first-order chi connectivity index (χ1) is 19.2. The lowest BCUT2D eigenvalue weighted by Gasteiger charge is -2.30. The van der Waals surface area contributed by atoms with Crippen LogP contribution in [0.2, 0.25) is 0 Å². The van der Waals surface area contributed by atoms with E-state index in [1.165, 1.54) is 11.4 Å². The molecule has 1 fully saturated rings. The van der Waals surface area contributed by atoms with Crippen molar-refractivity contribution in [2.75, 3.05) is 44.3 Å². The van der Waals surface area contributed by atoms with Crippen molar-refractivity contribution in [3.05, 3.63) is 66.7 Å². The van der Waals surface area contributed by atoms with Gasteiger partial charge in [-0.05, 0) is 66.9 Å². The lowest BCUT2D eigenvalue weighted by atomic mass is 9.97. The van der Waals surface area contributed by atoms with E-state index in [1.807, 2.05) is 24.3 Å². The standard InChI is InChI=1S/C29H32N2O8S/c1-3-37-29(34)22-14-16-31(17-15-22)27(32)19-39-28(33)20-38-25-11-9-24(10-12-25)30(2)40(35,36)26-13-8-21-6-4-5-7-23(21)18-26/h4-13,18,22H,3,14-17,19-20H2,1-2H3. The van der Waals surface area contributed by atoms with E-state index in [9.17, 15) is 22.8 Å². The van der Waals surface area contributed by atoms with Crippen molar-refractivity contribution in [3.63, 3.8) is 0 Å². The van der Waals surface area contributed by atoms with Gasteiger partial charge in [-0.15, -0.1) is 0 Å². The molecule has 0 bridgehead atoms. The normalized spacial score (nSPS) is 14.0. The molecule has 1 amide bonds. The van der Waals surface area contributed by atoms with E-state index in [4.69, 9.17) is 14.2 Å². The van der Waals surface area contributed by atoms with E-state index >= 15 is 0 Å². The molecule has 10 nitrogen and oxygen atoms in total. The Morgan fingerprint density at radius 3 is 2.25 bits per heavy atom. The van der Waals surface area contributed by atoms with Gasteiger partial charge in [-0.2, -0.15) is 0 Å². The number of rotatable bonds is 10. The van der Waals surface area contributed by atoms with E-state index in [2.05, 4.69) is 0 Å². The van der Waals surface area contributed by atoms with Crippen LogP contribution in [-0.2, 0) is 33.9 Å². The Morgan fingerprint density at radius 2 is 1.57 bits per heavy atom. The zero-order valence-electron chi connectivity index (χ0n) is 22.4. The lowest BCUT2D eigenvalue weighted by molar-refractivity contribution is -0.155. The minimum atomic E-state index is -3.80. The van der Waals surface area contributed by atoms with Crippen LogP contribution < -0.4 is 9.04 Å². The van der Waals surface area contributed by atoms with Gasteiger partial charge in [0.1, 0.15) is 5.75 Å². The molecule has 1 aliphatic rings. The molecular formula is C29H32N2O8S. The maximum Gasteiger partial charge on any atom is 0.344 e. The van der Waals surface area contributed by atoms with Crippen molar-refractivity contribution in [3.8, 4) is 5.75 Å². The quantitative estimate of drug-likeness (QED) is 0.342. The molecule has 0 saturated carbocycles. The fraction of sp³-hybridized carbons (Fsp3) is 0.345. The first kappa shape index (κ1) is 28.9. The number of anilines is 1. The van der Waals surface area contributed by atoms with Gasteiger partial charge in [0, 0.05) is 20.1 Å². The van der Waals surface area contributed by atoms with Crippen molar-refractivity contribution >= 4 is 44.3 Å². The van der Waals surface area contributed by atoms with Crippen molar-refractivity contribution < 1.29 is 37.0 Å². The summed E-state index contributed by atoms with van der Waals surface area (Å²) in [5, 5.41) is 1.78. The number of esters is 2. The summed E-state index contributed by atoms with van der Waals surface area (Å²) in [6.07, 6.45) is 1.02. The van der Waals surface area contributed by atoms with Gasteiger partial charge in [0.2, 0.25) is 0 Å². The summed E-state index contributed by atoms with van der Waals surface area (Å²) in [5.74, 6) is -1.18. The molecule has 3 aromatic carbocycles. The average Bonchev–Trinajstić information content (AvgIpc) is 2.98. The number of sulfonamides is 1. The number of nitrogens with zero attached hydrogens (tertiary/aromatic N) is 2. The molecule has 3 aromatic rings. The van der Waals surface area contributed by atoms with Crippen molar-refractivity contribution in [2.45, 2.75) is 24.7 Å². The molecule has 11 heteroatoms. The number of fused-ring (bicyclic) bond motifs is 1. The average molecular weight is 569 g/mol. The van der Waals surface area contributed by atoms with E-state index in [-0.39, 0.29) is 22.7 Å². The highest BCUT2D eigenvalue weighted by molar-refractivity contribution is 7.92. The largest absolute Gasteiger partial charge is 0.482 e. The third kappa shape index (κ3) is 6.90. The monoisotopic (exact) mass is 568 g/mol. The Morgan fingerprint density at radius 1 is 0.900 bits per heavy atom. The number of hydrogen-bond donors (Lipinski definition) is 0. The maximum atomic E-state index is 13.2. The number of amides is 1. The second-order valence-electron chi connectivity index (χ2n) is 9.33. The first-order valence-electron chi connectivity index (χ1n) is 13.0. The molecule has 212 valence electrons. The molecule has 0 aromatic heterocycles. The number of carbonyl (C=O) groups is 3. The van der Waals surface area contributed by atoms with Gasteiger partial charge < -0.3 is 19.1 Å². The van der Waals surface area contributed by atoms with E-state index in [0.717, 1.165) is 10.8 Å². The molecule has 1 heterocycles. The second-order valence-corrected chi connectivity index (χ2v) is 11.3. The highest BCUT2D eigenvalue weighted by atomic mass is 32.2. The summed E-state index contributed by atoms with van der Waals surface area (Å²) in [6, 6.07) is 18.8. The number of piperidine rings is 1. The summed E-state index contributed by atoms with van der Waals surface area (Å²) >= 11 is 0. The molecule has 4 rings (SSSR count). The third-order valence-electron chi connectivity index (χ3n) is 6.76. The Hall–Kier alpha value is -4.12. The Labute approximate surface area is 233 Å². The zero-order valence-corrected chi connectivity index (χ0v) is 23.3. The second kappa shape index (κ2) is 12.8. The lowest BCUT2D eigenvalue weighted by Crippen LogP contribution is -2.42. The maximum absolute atomic E-state index is 13.2. The Balaban J connectivity index is 1.24. The molecule has 0 radical (unpaired) electrons. The molecule has 1 aliphatic heterocycles. The van der Waals surface area contributed by atoms with Crippen molar-refractivity contribution in [2.24, 2.45) is 5.92 Å². The van der Waals surface area contributed by atoms with Crippen LogP contribution in [0.1, 0.15) is 19.8 Å². The highest BCUT2D eigenvalue weighted by Crippen LogP contribution is 2.26. The van der Waals surface area contributed by atoms with Crippen molar-refractivity contribution in [1.82, 2.24) is 4.90 Å². The van der Waals surface area contributed by atoms with Crippen LogP contribution in [0.3, 0.4) is 0 Å². The molecule has 1 saturated heterocycles. The fourth-order valence-corrected chi connectivity index (χ4v) is 5.65. The predicted molar refractivity (Wildman–Crippen MR) is 148 cm³/mol. The number of carbonyl (C=O) groups excluding carboxylic acids is 3. The Kier molecular flexibility index (Phi) is 9.26. The number of ether oxygens (including phenoxy) is 3. The minimum Gasteiger partial charge on any atom is -0.482 e. The molecule has 40 heavy (non-hydrogen) atoms. The summed E-state index contributed by atoms with van der Waals surface area (Å²) in [5.41, 5.74) is 0.417. The topological polar surface area (TPSA) is 120 Å². The fourth-order valence-electron chi connectivity index (χ4n) is 4.42. The molecular weight excluding hydrogens is 536 g/mol. The van der Waals surface area contributed by atoms with Crippen LogP contribution in [0.4, 0.5) is 5.69 Å². The smallest absolute Gasteiger partial charge is 0.344 e. The van der Waals surface area contributed by atoms with E-state index < -0.39 is 29.2 Å². The molecule has 0 spiro atoms. The van der Waals surface area contributed by atoms with Gasteiger partial charge in [0.05, 0.1) is 23.1 Å². The van der Waals surface area contributed by atoms with Gasteiger partial charge >= 0.3 is 11.9 Å². The van der Waals surface area contributed by atoms with Crippen LogP contribution in [0.15, 0.2) is 71.6 Å². The third-order valence-corrected chi connectivity index (χ3v) is 8.54. The van der Waals surface area contributed by atoms with Gasteiger partial charge in [-0.3, -0.25) is 13.9 Å². The van der Waals surface area contributed by atoms with E-state index in [0.29, 0.717) is 44.0 Å². The van der Waals surface area contributed by atoms with Crippen LogP contribution in [0, 0.1) is 5.92 Å². The van der Waals surface area contributed by atoms with Gasteiger partial charge in [0.25, 0.3) is 15.9 Å². The van der Waals surface area contributed by atoms with Crippen LogP contribution in [0.5, 0.6) is 5.75 Å². The van der Waals surface area contributed by atoms with Gasteiger partial charge in [0.15, 0.2) is 13.2 Å². The SMILES string of the molecule is CCOC(=O)C1CCN(C(=O)COC(=O)COc2ccc(N(C)S(=O)(=O)c3ccc4ccccc4c3)cc2)CC1. The summed E-state index contributed by atoms with van der Waals surface area (Å²) in [4.78, 5) is 38.0. The molecule has 0 atom stereocenters. The number of hydrogen-bond acceptors (Lipinski definition) is 8.